The van der Waals surface area contributed by atoms with E-state index in [9.17, 15) is 9.59 Å². The second kappa shape index (κ2) is 9.98. The number of benzene rings is 1. The molecule has 1 rings (SSSR count). The summed E-state index contributed by atoms with van der Waals surface area (Å²) in [5, 5.41) is 2.80. The average molecular weight is 402 g/mol. The molecule has 0 aliphatic carbocycles. The number of halogens is 1. The third-order valence-electron chi connectivity index (χ3n) is 3.30. The van der Waals surface area contributed by atoms with Crippen molar-refractivity contribution in [1.82, 2.24) is 5.32 Å². The molecule has 0 aliphatic heterocycles. The van der Waals surface area contributed by atoms with Crippen LogP contribution in [0, 0.1) is 13.8 Å². The molecule has 1 aromatic rings. The molecule has 1 N–H and O–H groups in total. The van der Waals surface area contributed by atoms with E-state index in [0.717, 1.165) is 33.3 Å². The molecule has 1 amide bonds. The minimum Gasteiger partial charge on any atom is -0.455 e. The van der Waals surface area contributed by atoms with Gasteiger partial charge in [-0.25, -0.2) is 0 Å². The van der Waals surface area contributed by atoms with Crippen molar-refractivity contribution in [2.24, 2.45) is 0 Å². The fraction of sp³-hybridized carbons (Fsp3) is 0.529. The van der Waals surface area contributed by atoms with E-state index in [-0.39, 0.29) is 30.3 Å². The van der Waals surface area contributed by atoms with Crippen LogP contribution in [0.2, 0.25) is 0 Å². The lowest BCUT2D eigenvalue weighted by atomic mass is 10.2. The van der Waals surface area contributed by atoms with Gasteiger partial charge in [-0.3, -0.25) is 9.59 Å². The fourth-order valence-corrected chi connectivity index (χ4v) is 3.42. The van der Waals surface area contributed by atoms with Crippen LogP contribution in [0.15, 0.2) is 21.5 Å². The maximum atomic E-state index is 11.8. The van der Waals surface area contributed by atoms with Gasteiger partial charge in [-0.1, -0.05) is 29.3 Å². The number of hydrogen-bond donors (Lipinski definition) is 1. The molecular formula is C17H24BrNO3S. The van der Waals surface area contributed by atoms with Gasteiger partial charge in [0.15, 0.2) is 6.61 Å². The molecule has 0 fully saturated rings. The van der Waals surface area contributed by atoms with E-state index in [2.05, 4.69) is 28.2 Å². The zero-order valence-electron chi connectivity index (χ0n) is 14.1. The van der Waals surface area contributed by atoms with Crippen LogP contribution in [0.3, 0.4) is 0 Å². The highest BCUT2D eigenvalue weighted by molar-refractivity contribution is 9.10. The number of esters is 1. The van der Waals surface area contributed by atoms with E-state index >= 15 is 0 Å². The molecule has 1 aromatic carbocycles. The molecule has 128 valence electrons. The first kappa shape index (κ1) is 20.0. The summed E-state index contributed by atoms with van der Waals surface area (Å²) < 4.78 is 6.07. The van der Waals surface area contributed by atoms with Crippen molar-refractivity contribution in [1.29, 1.82) is 0 Å². The summed E-state index contributed by atoms with van der Waals surface area (Å²) in [7, 11) is 0. The maximum Gasteiger partial charge on any atom is 0.316 e. The van der Waals surface area contributed by atoms with Crippen molar-refractivity contribution in [3.05, 3.63) is 27.7 Å². The topological polar surface area (TPSA) is 55.4 Å². The van der Waals surface area contributed by atoms with Crippen LogP contribution in [-0.4, -0.2) is 30.3 Å². The zero-order chi connectivity index (χ0) is 17.4. The van der Waals surface area contributed by atoms with Gasteiger partial charge in [0.1, 0.15) is 0 Å². The molecule has 0 saturated carbocycles. The lowest BCUT2D eigenvalue weighted by Gasteiger charge is -2.13. The molecule has 0 heterocycles. The van der Waals surface area contributed by atoms with E-state index in [1.54, 1.807) is 0 Å². The largest absolute Gasteiger partial charge is 0.455 e. The first-order chi connectivity index (χ1) is 10.8. The van der Waals surface area contributed by atoms with Crippen molar-refractivity contribution >= 4 is 39.6 Å². The minimum atomic E-state index is -0.381. The quantitative estimate of drug-likeness (QED) is 0.528. The summed E-state index contributed by atoms with van der Waals surface area (Å²) in [6.07, 6.45) is 1.92. The van der Waals surface area contributed by atoms with Gasteiger partial charge in [-0.2, -0.15) is 0 Å². The standard InChI is InChI=1S/C17H24BrNO3S/c1-5-6-13(4)19-16(20)9-22-17(21)10-23-15-8-11(2)14(18)7-12(15)3/h7-8,13H,5-6,9-10H2,1-4H3,(H,19,20). The Bertz CT molecular complexity index is 563. The average Bonchev–Trinajstić information content (AvgIpc) is 2.47. The smallest absolute Gasteiger partial charge is 0.316 e. The summed E-state index contributed by atoms with van der Waals surface area (Å²) in [5.41, 5.74) is 2.22. The van der Waals surface area contributed by atoms with Gasteiger partial charge < -0.3 is 10.1 Å². The Morgan fingerprint density at radius 2 is 2.00 bits per heavy atom. The second-order valence-corrected chi connectivity index (χ2v) is 7.44. The van der Waals surface area contributed by atoms with Crippen molar-refractivity contribution < 1.29 is 14.3 Å². The summed E-state index contributed by atoms with van der Waals surface area (Å²) in [4.78, 5) is 24.5. The van der Waals surface area contributed by atoms with Crippen molar-refractivity contribution in [3.63, 3.8) is 0 Å². The number of thioether (sulfide) groups is 1. The van der Waals surface area contributed by atoms with Gasteiger partial charge >= 0.3 is 5.97 Å². The number of ether oxygens (including phenoxy) is 1. The molecule has 0 aliphatic rings. The third-order valence-corrected chi connectivity index (χ3v) is 5.28. The lowest BCUT2D eigenvalue weighted by Crippen LogP contribution is -2.35. The zero-order valence-corrected chi connectivity index (χ0v) is 16.5. The highest BCUT2D eigenvalue weighted by atomic mass is 79.9. The second-order valence-electron chi connectivity index (χ2n) is 5.57. The molecule has 0 bridgehead atoms. The summed E-state index contributed by atoms with van der Waals surface area (Å²) >= 11 is 4.91. The Balaban J connectivity index is 2.37. The molecule has 23 heavy (non-hydrogen) atoms. The predicted octanol–water partition coefficient (Wildman–Crippen LogP) is 4.01. The van der Waals surface area contributed by atoms with Crippen LogP contribution in [-0.2, 0) is 14.3 Å². The molecule has 0 radical (unpaired) electrons. The van der Waals surface area contributed by atoms with E-state index in [1.807, 2.05) is 32.9 Å². The molecule has 6 heteroatoms. The number of carbonyl (C=O) groups excluding carboxylic acids is 2. The molecule has 1 atom stereocenters. The highest BCUT2D eigenvalue weighted by Gasteiger charge is 2.11. The SMILES string of the molecule is CCCC(C)NC(=O)COC(=O)CSc1cc(C)c(Br)cc1C. The summed E-state index contributed by atoms with van der Waals surface area (Å²) in [6, 6.07) is 4.18. The lowest BCUT2D eigenvalue weighted by molar-refractivity contribution is -0.146. The Kier molecular flexibility index (Phi) is 8.69. The predicted molar refractivity (Wildman–Crippen MR) is 97.8 cm³/mol. The van der Waals surface area contributed by atoms with Crippen molar-refractivity contribution in [2.75, 3.05) is 12.4 Å². The molecule has 0 spiro atoms. The number of nitrogens with one attached hydrogen (secondary N) is 1. The Hall–Kier alpha value is -1.01. The monoisotopic (exact) mass is 401 g/mol. The number of hydrogen-bond acceptors (Lipinski definition) is 4. The van der Waals surface area contributed by atoms with Crippen molar-refractivity contribution in [3.8, 4) is 0 Å². The molecule has 0 saturated heterocycles. The van der Waals surface area contributed by atoms with Gasteiger partial charge in [-0.05, 0) is 50.5 Å². The Morgan fingerprint density at radius 1 is 1.30 bits per heavy atom. The molecule has 0 aromatic heterocycles. The highest BCUT2D eigenvalue weighted by Crippen LogP contribution is 2.28. The van der Waals surface area contributed by atoms with Crippen LogP contribution in [0.25, 0.3) is 0 Å². The first-order valence-electron chi connectivity index (χ1n) is 7.68. The summed E-state index contributed by atoms with van der Waals surface area (Å²) in [6.45, 7) is 7.80. The fourth-order valence-electron chi connectivity index (χ4n) is 2.06. The molecule has 4 nitrogen and oxygen atoms in total. The van der Waals surface area contributed by atoms with Gasteiger partial charge in [0.2, 0.25) is 0 Å². The molecule has 1 unspecified atom stereocenters. The van der Waals surface area contributed by atoms with E-state index in [4.69, 9.17) is 4.74 Å². The van der Waals surface area contributed by atoms with Crippen LogP contribution in [0.5, 0.6) is 0 Å². The van der Waals surface area contributed by atoms with Crippen molar-refractivity contribution in [2.45, 2.75) is 51.5 Å². The van der Waals surface area contributed by atoms with Gasteiger partial charge in [0, 0.05) is 15.4 Å². The van der Waals surface area contributed by atoms with Crippen LogP contribution in [0.1, 0.15) is 37.8 Å². The first-order valence-corrected chi connectivity index (χ1v) is 9.45. The van der Waals surface area contributed by atoms with E-state index in [1.165, 1.54) is 11.8 Å². The van der Waals surface area contributed by atoms with E-state index < -0.39 is 0 Å². The number of carbonyl (C=O) groups is 2. The maximum absolute atomic E-state index is 11.8. The van der Waals surface area contributed by atoms with E-state index in [0.29, 0.717) is 0 Å². The third kappa shape index (κ3) is 7.40. The normalized spacial score (nSPS) is 11.9. The Labute approximate surface area is 150 Å². The van der Waals surface area contributed by atoms with Crippen LogP contribution in [0.4, 0.5) is 0 Å². The van der Waals surface area contributed by atoms with Gasteiger partial charge in [0.25, 0.3) is 5.91 Å². The number of aryl methyl sites for hydroxylation is 2. The minimum absolute atomic E-state index is 0.106. The Morgan fingerprint density at radius 3 is 2.65 bits per heavy atom. The number of amides is 1. The van der Waals surface area contributed by atoms with Gasteiger partial charge in [-0.15, -0.1) is 11.8 Å². The molecular weight excluding hydrogens is 378 g/mol. The summed E-state index contributed by atoms with van der Waals surface area (Å²) in [5.74, 6) is -0.437. The van der Waals surface area contributed by atoms with Crippen LogP contribution >= 0.6 is 27.7 Å². The van der Waals surface area contributed by atoms with Gasteiger partial charge in [0.05, 0.1) is 5.75 Å². The number of rotatable bonds is 8. The van der Waals surface area contributed by atoms with Crippen LogP contribution < -0.4 is 5.32 Å².